The molecule has 1 fully saturated rings. The van der Waals surface area contributed by atoms with E-state index >= 15 is 0 Å². The largest absolute Gasteiger partial charge is 0.468 e. The third kappa shape index (κ3) is 2.45. The second kappa shape index (κ2) is 4.86. The predicted octanol–water partition coefficient (Wildman–Crippen LogP) is 1.88. The van der Waals surface area contributed by atoms with Gasteiger partial charge in [0.25, 0.3) is 0 Å². The minimum absolute atomic E-state index is 0.228. The van der Waals surface area contributed by atoms with Gasteiger partial charge >= 0.3 is 5.97 Å². The Balaban J connectivity index is 2.55. The molecule has 1 saturated carbocycles. The van der Waals surface area contributed by atoms with Gasteiger partial charge in [0.1, 0.15) is 5.92 Å². The molecule has 0 aromatic rings. The summed E-state index contributed by atoms with van der Waals surface area (Å²) in [6.45, 7) is 0. The Bertz CT molecular complexity index is 213. The molecular formula is C10H15NO2. The number of ether oxygens (including phenoxy) is 1. The normalized spacial score (nSPS) is 20.3. The van der Waals surface area contributed by atoms with E-state index < -0.39 is 5.92 Å². The molecule has 13 heavy (non-hydrogen) atoms. The van der Waals surface area contributed by atoms with E-state index in [9.17, 15) is 4.79 Å². The third-order valence-electron chi connectivity index (χ3n) is 2.72. The average molecular weight is 181 g/mol. The highest BCUT2D eigenvalue weighted by molar-refractivity contribution is 5.75. The monoisotopic (exact) mass is 181 g/mol. The first-order valence-corrected chi connectivity index (χ1v) is 4.77. The van der Waals surface area contributed by atoms with Gasteiger partial charge in [-0.2, -0.15) is 5.26 Å². The van der Waals surface area contributed by atoms with Crippen molar-refractivity contribution in [1.82, 2.24) is 0 Å². The summed E-state index contributed by atoms with van der Waals surface area (Å²) in [5.74, 6) is -0.675. The maximum atomic E-state index is 11.2. The summed E-state index contributed by atoms with van der Waals surface area (Å²) in [7, 11) is 1.34. The number of esters is 1. The molecule has 1 aliphatic rings. The van der Waals surface area contributed by atoms with Crippen molar-refractivity contribution >= 4 is 5.97 Å². The minimum atomic E-state index is -0.537. The first kappa shape index (κ1) is 10.0. The number of hydrogen-bond donors (Lipinski definition) is 0. The topological polar surface area (TPSA) is 50.1 Å². The second-order valence-electron chi connectivity index (χ2n) is 3.53. The Kier molecular flexibility index (Phi) is 3.75. The van der Waals surface area contributed by atoms with Crippen molar-refractivity contribution in [2.75, 3.05) is 7.11 Å². The molecule has 3 nitrogen and oxygen atoms in total. The Labute approximate surface area is 78.7 Å². The van der Waals surface area contributed by atoms with E-state index in [1.165, 1.54) is 13.5 Å². The maximum Gasteiger partial charge on any atom is 0.323 e. The summed E-state index contributed by atoms with van der Waals surface area (Å²) in [5, 5.41) is 8.83. The van der Waals surface area contributed by atoms with Gasteiger partial charge in [-0.25, -0.2) is 0 Å². The summed E-state index contributed by atoms with van der Waals surface area (Å²) >= 11 is 0. The van der Waals surface area contributed by atoms with Crippen LogP contribution in [0.25, 0.3) is 0 Å². The zero-order chi connectivity index (χ0) is 9.68. The maximum absolute atomic E-state index is 11.2. The van der Waals surface area contributed by atoms with Crippen LogP contribution in [0.3, 0.4) is 0 Å². The predicted molar refractivity (Wildman–Crippen MR) is 47.7 cm³/mol. The highest BCUT2D eigenvalue weighted by Gasteiger charge is 2.29. The summed E-state index contributed by atoms with van der Waals surface area (Å²) in [6, 6.07) is 2.05. The van der Waals surface area contributed by atoms with Crippen molar-refractivity contribution in [2.45, 2.75) is 32.1 Å². The molecule has 0 aliphatic heterocycles. The molecule has 1 rings (SSSR count). The third-order valence-corrected chi connectivity index (χ3v) is 2.72. The lowest BCUT2D eigenvalue weighted by molar-refractivity contribution is -0.145. The molecule has 0 aromatic heterocycles. The zero-order valence-electron chi connectivity index (χ0n) is 7.95. The summed E-state index contributed by atoms with van der Waals surface area (Å²) in [6.07, 6.45) is 5.50. The Morgan fingerprint density at radius 1 is 1.46 bits per heavy atom. The Morgan fingerprint density at radius 3 is 2.54 bits per heavy atom. The first-order valence-electron chi connectivity index (χ1n) is 4.77. The van der Waals surface area contributed by atoms with Crippen LogP contribution in [-0.2, 0) is 9.53 Å². The van der Waals surface area contributed by atoms with Gasteiger partial charge in [0.15, 0.2) is 0 Å². The number of carbonyl (C=O) groups is 1. The van der Waals surface area contributed by atoms with Gasteiger partial charge in [-0.1, -0.05) is 19.3 Å². The molecule has 1 atom stereocenters. The number of hydrogen-bond acceptors (Lipinski definition) is 3. The molecule has 0 bridgehead atoms. The highest BCUT2D eigenvalue weighted by atomic mass is 16.5. The van der Waals surface area contributed by atoms with Gasteiger partial charge in [-0.3, -0.25) is 4.79 Å². The molecule has 0 N–H and O–H groups in total. The molecule has 3 heteroatoms. The van der Waals surface area contributed by atoms with Gasteiger partial charge in [0.05, 0.1) is 13.2 Å². The Morgan fingerprint density at radius 2 is 2.08 bits per heavy atom. The first-order chi connectivity index (χ1) is 6.29. The second-order valence-corrected chi connectivity index (χ2v) is 3.53. The fourth-order valence-electron chi connectivity index (χ4n) is 1.95. The van der Waals surface area contributed by atoms with Crippen LogP contribution in [0.4, 0.5) is 0 Å². The number of nitrogens with zero attached hydrogens (tertiary/aromatic N) is 1. The van der Waals surface area contributed by atoms with Gasteiger partial charge in [0, 0.05) is 0 Å². The number of carbonyl (C=O) groups excluding carboxylic acids is 1. The van der Waals surface area contributed by atoms with Crippen LogP contribution in [0.1, 0.15) is 32.1 Å². The molecule has 72 valence electrons. The molecule has 1 unspecified atom stereocenters. The fourth-order valence-corrected chi connectivity index (χ4v) is 1.95. The molecular weight excluding hydrogens is 166 g/mol. The van der Waals surface area contributed by atoms with Crippen LogP contribution in [0.2, 0.25) is 0 Å². The van der Waals surface area contributed by atoms with Crippen molar-refractivity contribution in [3.05, 3.63) is 0 Å². The lowest BCUT2D eigenvalue weighted by Crippen LogP contribution is -2.25. The van der Waals surface area contributed by atoms with E-state index in [0.29, 0.717) is 0 Å². The summed E-state index contributed by atoms with van der Waals surface area (Å²) in [5.41, 5.74) is 0. The summed E-state index contributed by atoms with van der Waals surface area (Å²) in [4.78, 5) is 11.2. The smallest absolute Gasteiger partial charge is 0.323 e. The lowest BCUT2D eigenvalue weighted by atomic mass is 9.81. The fraction of sp³-hybridized carbons (Fsp3) is 0.800. The van der Waals surface area contributed by atoms with Crippen LogP contribution in [0, 0.1) is 23.2 Å². The van der Waals surface area contributed by atoms with E-state index in [1.54, 1.807) is 0 Å². The summed E-state index contributed by atoms with van der Waals surface area (Å²) < 4.78 is 4.60. The number of methoxy groups -OCH3 is 1. The van der Waals surface area contributed by atoms with Crippen molar-refractivity contribution in [2.24, 2.45) is 11.8 Å². The van der Waals surface area contributed by atoms with E-state index in [4.69, 9.17) is 5.26 Å². The molecule has 0 amide bonds. The zero-order valence-corrected chi connectivity index (χ0v) is 7.95. The Hall–Kier alpha value is -1.04. The van der Waals surface area contributed by atoms with Crippen LogP contribution >= 0.6 is 0 Å². The average Bonchev–Trinajstić information content (AvgIpc) is 2.20. The van der Waals surface area contributed by atoms with E-state index in [1.807, 2.05) is 6.07 Å². The van der Waals surface area contributed by atoms with Gasteiger partial charge in [0.2, 0.25) is 0 Å². The quantitative estimate of drug-likeness (QED) is 0.611. The van der Waals surface area contributed by atoms with Crippen molar-refractivity contribution in [1.29, 1.82) is 5.26 Å². The van der Waals surface area contributed by atoms with E-state index in [0.717, 1.165) is 25.7 Å². The molecule has 0 radical (unpaired) electrons. The van der Waals surface area contributed by atoms with Crippen LogP contribution in [-0.4, -0.2) is 13.1 Å². The van der Waals surface area contributed by atoms with Gasteiger partial charge < -0.3 is 4.74 Å². The number of nitriles is 1. The minimum Gasteiger partial charge on any atom is -0.468 e. The lowest BCUT2D eigenvalue weighted by Gasteiger charge is -2.23. The van der Waals surface area contributed by atoms with Crippen LogP contribution in [0.5, 0.6) is 0 Å². The van der Waals surface area contributed by atoms with E-state index in [2.05, 4.69) is 4.74 Å². The highest BCUT2D eigenvalue weighted by Crippen LogP contribution is 2.30. The standard InChI is InChI=1S/C10H15NO2/c1-13-10(12)9(7-11)8-5-3-2-4-6-8/h8-9H,2-6H2,1H3. The van der Waals surface area contributed by atoms with Crippen LogP contribution in [0.15, 0.2) is 0 Å². The van der Waals surface area contributed by atoms with Crippen LogP contribution < -0.4 is 0 Å². The molecule has 0 saturated heterocycles. The van der Waals surface area contributed by atoms with Crippen molar-refractivity contribution < 1.29 is 9.53 Å². The molecule has 1 aliphatic carbocycles. The molecule has 0 aromatic carbocycles. The molecule has 0 heterocycles. The van der Waals surface area contributed by atoms with Crippen molar-refractivity contribution in [3.63, 3.8) is 0 Å². The van der Waals surface area contributed by atoms with Crippen molar-refractivity contribution in [3.8, 4) is 6.07 Å². The number of rotatable bonds is 2. The SMILES string of the molecule is COC(=O)C(C#N)C1CCCCC1. The van der Waals surface area contributed by atoms with Gasteiger partial charge in [-0.15, -0.1) is 0 Å². The van der Waals surface area contributed by atoms with E-state index in [-0.39, 0.29) is 11.9 Å². The molecule has 0 spiro atoms. The van der Waals surface area contributed by atoms with Gasteiger partial charge in [-0.05, 0) is 18.8 Å².